The molecular formula is C23H29FO4. The number of halogens is 1. The van der Waals surface area contributed by atoms with E-state index in [4.69, 9.17) is 9.47 Å². The van der Waals surface area contributed by atoms with Gasteiger partial charge in [-0.05, 0) is 47.9 Å². The smallest absolute Gasteiger partial charge is 0.127 e. The third-order valence-corrected chi connectivity index (χ3v) is 5.50. The fraction of sp³-hybridized carbons (Fsp3) is 0.478. The molecule has 0 amide bonds. The van der Waals surface area contributed by atoms with Gasteiger partial charge >= 0.3 is 0 Å². The van der Waals surface area contributed by atoms with E-state index in [0.29, 0.717) is 25.0 Å². The topological polar surface area (TPSA) is 58.9 Å². The van der Waals surface area contributed by atoms with Crippen molar-refractivity contribution in [2.24, 2.45) is 0 Å². The molecule has 0 aromatic heterocycles. The largest absolute Gasteiger partial charge is 0.494 e. The Labute approximate surface area is 165 Å². The highest BCUT2D eigenvalue weighted by Crippen LogP contribution is 2.38. The number of aliphatic hydroxyl groups is 2. The van der Waals surface area contributed by atoms with E-state index in [-0.39, 0.29) is 18.5 Å². The van der Waals surface area contributed by atoms with Crippen LogP contribution >= 0.6 is 0 Å². The fourth-order valence-corrected chi connectivity index (χ4v) is 3.83. The van der Waals surface area contributed by atoms with Crippen molar-refractivity contribution in [3.8, 4) is 5.75 Å². The van der Waals surface area contributed by atoms with E-state index < -0.39 is 17.6 Å². The van der Waals surface area contributed by atoms with Crippen molar-refractivity contribution >= 4 is 0 Å². The van der Waals surface area contributed by atoms with Gasteiger partial charge in [-0.25, -0.2) is 4.39 Å². The Bertz CT molecular complexity index is 788. The summed E-state index contributed by atoms with van der Waals surface area (Å²) in [5.74, 6) is 0.508. The molecule has 1 aliphatic heterocycles. The van der Waals surface area contributed by atoms with E-state index in [1.807, 2.05) is 51.1 Å². The van der Waals surface area contributed by atoms with Crippen molar-refractivity contribution < 1.29 is 24.1 Å². The van der Waals surface area contributed by atoms with Gasteiger partial charge in [-0.2, -0.15) is 0 Å². The molecule has 1 aliphatic rings. The lowest BCUT2D eigenvalue weighted by atomic mass is 9.77. The van der Waals surface area contributed by atoms with Crippen LogP contribution < -0.4 is 4.74 Å². The number of benzene rings is 2. The second-order valence-electron chi connectivity index (χ2n) is 7.88. The summed E-state index contributed by atoms with van der Waals surface area (Å²) in [5.41, 5.74) is 1.80. The van der Waals surface area contributed by atoms with Crippen molar-refractivity contribution in [3.63, 3.8) is 0 Å². The molecule has 5 heteroatoms. The maximum Gasteiger partial charge on any atom is 0.127 e. The average Bonchev–Trinajstić information content (AvgIpc) is 2.68. The normalized spacial score (nSPS) is 22.9. The number of ether oxygens (including phenoxy) is 2. The molecule has 0 saturated carbocycles. The van der Waals surface area contributed by atoms with Crippen molar-refractivity contribution in [2.45, 2.75) is 57.3 Å². The molecule has 3 unspecified atom stereocenters. The maximum absolute atomic E-state index is 14.8. The first kappa shape index (κ1) is 20.8. The predicted molar refractivity (Wildman–Crippen MR) is 106 cm³/mol. The molecule has 3 rings (SSSR count). The summed E-state index contributed by atoms with van der Waals surface area (Å²) < 4.78 is 26.2. The van der Waals surface area contributed by atoms with Gasteiger partial charge in [0, 0.05) is 18.3 Å². The van der Waals surface area contributed by atoms with Crippen LogP contribution in [0, 0.1) is 5.82 Å². The zero-order chi connectivity index (χ0) is 20.3. The third-order valence-electron chi connectivity index (χ3n) is 5.50. The molecule has 2 N–H and O–H groups in total. The Morgan fingerprint density at radius 2 is 1.86 bits per heavy atom. The molecular weight excluding hydrogens is 359 g/mol. The molecule has 1 heterocycles. The van der Waals surface area contributed by atoms with E-state index in [0.717, 1.165) is 16.9 Å². The zero-order valence-corrected chi connectivity index (χ0v) is 16.7. The molecule has 0 aliphatic carbocycles. The van der Waals surface area contributed by atoms with Crippen molar-refractivity contribution in [2.75, 3.05) is 13.2 Å². The van der Waals surface area contributed by atoms with Crippen LogP contribution in [0.4, 0.5) is 4.39 Å². The van der Waals surface area contributed by atoms with Gasteiger partial charge in [0.1, 0.15) is 11.6 Å². The van der Waals surface area contributed by atoms with Gasteiger partial charge in [-0.15, -0.1) is 0 Å². The number of hydrogen-bond acceptors (Lipinski definition) is 4. The summed E-state index contributed by atoms with van der Waals surface area (Å²) in [6.07, 6.45) is -0.453. The third kappa shape index (κ3) is 4.37. The van der Waals surface area contributed by atoms with Gasteiger partial charge in [0.2, 0.25) is 0 Å². The molecule has 0 bridgehead atoms. The van der Waals surface area contributed by atoms with Gasteiger partial charge in [0.15, 0.2) is 0 Å². The van der Waals surface area contributed by atoms with Gasteiger partial charge in [-0.3, -0.25) is 0 Å². The molecule has 2 aromatic carbocycles. The van der Waals surface area contributed by atoms with Crippen LogP contribution in [0.3, 0.4) is 0 Å². The molecule has 3 atom stereocenters. The lowest BCUT2D eigenvalue weighted by Gasteiger charge is -2.34. The standard InChI is InChI=1S/C23H29FO4/c1-4-27-18-8-6-16(7-9-18)23(2,3)20-11-15(5-10-21(20)24)22-13-17(26)12-19(14-25)28-22/h5-11,17,19,22,25-26H,4,12-14H2,1-3H3. The first-order valence-corrected chi connectivity index (χ1v) is 9.82. The molecule has 1 fully saturated rings. The van der Waals surface area contributed by atoms with Crippen molar-refractivity contribution in [1.82, 2.24) is 0 Å². The SMILES string of the molecule is CCOc1ccc(C(C)(C)c2cc(C3CC(O)CC(CO)O3)ccc2F)cc1. The zero-order valence-electron chi connectivity index (χ0n) is 16.7. The summed E-state index contributed by atoms with van der Waals surface area (Å²) in [5, 5.41) is 19.5. The van der Waals surface area contributed by atoms with Gasteiger partial charge < -0.3 is 19.7 Å². The number of aliphatic hydroxyl groups excluding tert-OH is 2. The van der Waals surface area contributed by atoms with E-state index in [2.05, 4.69) is 0 Å². The van der Waals surface area contributed by atoms with Crippen LogP contribution in [0.2, 0.25) is 0 Å². The van der Waals surface area contributed by atoms with Crippen molar-refractivity contribution in [3.05, 3.63) is 65.0 Å². The minimum Gasteiger partial charge on any atom is -0.494 e. The summed E-state index contributed by atoms with van der Waals surface area (Å²) >= 11 is 0. The molecule has 2 aromatic rings. The average molecular weight is 388 g/mol. The first-order chi connectivity index (χ1) is 13.3. The van der Waals surface area contributed by atoms with E-state index in [9.17, 15) is 14.6 Å². The van der Waals surface area contributed by atoms with E-state index in [1.54, 1.807) is 6.07 Å². The maximum atomic E-state index is 14.8. The van der Waals surface area contributed by atoms with E-state index >= 15 is 0 Å². The summed E-state index contributed by atoms with van der Waals surface area (Å²) in [6.45, 7) is 6.36. The molecule has 0 spiro atoms. The fourth-order valence-electron chi connectivity index (χ4n) is 3.83. The Kier molecular flexibility index (Phi) is 6.38. The van der Waals surface area contributed by atoms with Crippen LogP contribution in [0.1, 0.15) is 56.4 Å². The second-order valence-corrected chi connectivity index (χ2v) is 7.88. The highest BCUT2D eigenvalue weighted by molar-refractivity contribution is 5.42. The predicted octanol–water partition coefficient (Wildman–Crippen LogP) is 4.12. The number of hydrogen-bond donors (Lipinski definition) is 2. The summed E-state index contributed by atoms with van der Waals surface area (Å²) in [7, 11) is 0. The molecule has 28 heavy (non-hydrogen) atoms. The molecule has 152 valence electrons. The lowest BCUT2D eigenvalue weighted by molar-refractivity contribution is -0.113. The van der Waals surface area contributed by atoms with Gasteiger partial charge in [0.25, 0.3) is 0 Å². The number of rotatable bonds is 6. The summed E-state index contributed by atoms with van der Waals surface area (Å²) in [4.78, 5) is 0. The van der Waals surface area contributed by atoms with Gasteiger partial charge in [0.05, 0.1) is 31.5 Å². The second kappa shape index (κ2) is 8.60. The Balaban J connectivity index is 1.91. The van der Waals surface area contributed by atoms with Crippen LogP contribution in [0.5, 0.6) is 5.75 Å². The van der Waals surface area contributed by atoms with Crippen LogP contribution in [0.25, 0.3) is 0 Å². The highest BCUT2D eigenvalue weighted by atomic mass is 19.1. The molecule has 0 radical (unpaired) electrons. The quantitative estimate of drug-likeness (QED) is 0.781. The monoisotopic (exact) mass is 388 g/mol. The van der Waals surface area contributed by atoms with Crippen LogP contribution in [-0.4, -0.2) is 35.6 Å². The Morgan fingerprint density at radius 3 is 2.50 bits per heavy atom. The highest BCUT2D eigenvalue weighted by Gasteiger charge is 2.32. The Morgan fingerprint density at radius 1 is 1.14 bits per heavy atom. The van der Waals surface area contributed by atoms with Crippen molar-refractivity contribution in [1.29, 1.82) is 0 Å². The van der Waals surface area contributed by atoms with Crippen LogP contribution in [-0.2, 0) is 10.2 Å². The minimum absolute atomic E-state index is 0.140. The Hall–Kier alpha value is -1.95. The molecule has 4 nitrogen and oxygen atoms in total. The lowest BCUT2D eigenvalue weighted by Crippen LogP contribution is -2.33. The summed E-state index contributed by atoms with van der Waals surface area (Å²) in [6, 6.07) is 12.7. The van der Waals surface area contributed by atoms with Gasteiger partial charge in [-0.1, -0.05) is 32.0 Å². The van der Waals surface area contributed by atoms with E-state index in [1.165, 1.54) is 6.07 Å². The van der Waals surface area contributed by atoms with Crippen LogP contribution in [0.15, 0.2) is 42.5 Å². The first-order valence-electron chi connectivity index (χ1n) is 9.82. The minimum atomic E-state index is -0.561. The molecule has 1 saturated heterocycles.